The maximum absolute atomic E-state index is 12.6. The van der Waals surface area contributed by atoms with Crippen molar-refractivity contribution in [3.63, 3.8) is 0 Å². The molecule has 0 saturated heterocycles. The number of aromatic nitrogens is 1. The lowest BCUT2D eigenvalue weighted by molar-refractivity contribution is -0.684. The number of carbonyl (C=O) groups is 2. The summed E-state index contributed by atoms with van der Waals surface area (Å²) < 4.78 is 6.80. The summed E-state index contributed by atoms with van der Waals surface area (Å²) in [5.41, 5.74) is 2.67. The van der Waals surface area contributed by atoms with Gasteiger partial charge in [0.05, 0.1) is 12.7 Å². The van der Waals surface area contributed by atoms with Gasteiger partial charge in [0.1, 0.15) is 5.00 Å². The first kappa shape index (κ1) is 19.4. The van der Waals surface area contributed by atoms with Crippen LogP contribution in [0.5, 0.6) is 0 Å². The number of ether oxygens (including phenoxy) is 1. The van der Waals surface area contributed by atoms with E-state index in [9.17, 15) is 9.59 Å². The molecule has 1 N–H and O–H groups in total. The van der Waals surface area contributed by atoms with Crippen molar-refractivity contribution in [3.05, 3.63) is 40.5 Å². The second-order valence-corrected chi connectivity index (χ2v) is 8.04. The van der Waals surface area contributed by atoms with Gasteiger partial charge in [0.2, 0.25) is 6.54 Å². The van der Waals surface area contributed by atoms with Crippen LogP contribution in [0.15, 0.2) is 24.5 Å². The van der Waals surface area contributed by atoms with Gasteiger partial charge in [0, 0.05) is 36.8 Å². The molecule has 0 fully saturated rings. The van der Waals surface area contributed by atoms with Crippen molar-refractivity contribution in [3.8, 4) is 0 Å². The zero-order valence-corrected chi connectivity index (χ0v) is 16.9. The van der Waals surface area contributed by atoms with Gasteiger partial charge >= 0.3 is 5.97 Å². The number of pyridine rings is 1. The van der Waals surface area contributed by atoms with Gasteiger partial charge in [0.15, 0.2) is 12.4 Å². The number of carbonyl (C=O) groups excluding carboxylic acids is 2. The Morgan fingerprint density at radius 2 is 1.89 bits per heavy atom. The van der Waals surface area contributed by atoms with Gasteiger partial charge in [-0.2, -0.15) is 4.57 Å². The number of methoxy groups -OCH3 is 1. The lowest BCUT2D eigenvalue weighted by Gasteiger charge is -2.10. The fraction of sp³-hybridized carbons (Fsp3) is 0.450. The fourth-order valence-electron chi connectivity index (χ4n) is 3.33. The molecule has 1 amide bonds. The highest BCUT2D eigenvalue weighted by molar-refractivity contribution is 7.17. The molecule has 0 radical (unpaired) electrons. The molecule has 2 heterocycles. The molecule has 0 aliphatic heterocycles. The summed E-state index contributed by atoms with van der Waals surface area (Å²) in [5.74, 6) is -0.521. The van der Waals surface area contributed by atoms with Gasteiger partial charge in [-0.3, -0.25) is 4.79 Å². The number of nitrogens with zero attached hydrogens (tertiary/aromatic N) is 2. The van der Waals surface area contributed by atoms with E-state index in [4.69, 9.17) is 4.74 Å². The quantitative estimate of drug-likeness (QED) is 0.486. The average Bonchev–Trinajstić information content (AvgIpc) is 2.82. The highest BCUT2D eigenvalue weighted by Gasteiger charge is 2.26. The molecule has 0 saturated carbocycles. The molecule has 7 heteroatoms. The van der Waals surface area contributed by atoms with Crippen molar-refractivity contribution in [1.82, 2.24) is 0 Å². The highest BCUT2D eigenvalue weighted by Crippen LogP contribution is 2.37. The van der Waals surface area contributed by atoms with Crippen LogP contribution in [0.3, 0.4) is 0 Å². The SMILES string of the molecule is COC(=O)c1c(NC(=O)C[n+]2ccc(N(C)C)cc2)sc2c1CCCCC2. The molecule has 6 nitrogen and oxygen atoms in total. The van der Waals surface area contributed by atoms with Crippen molar-refractivity contribution < 1.29 is 18.9 Å². The van der Waals surface area contributed by atoms with E-state index in [1.807, 2.05) is 48.1 Å². The Balaban J connectivity index is 1.78. The summed E-state index contributed by atoms with van der Waals surface area (Å²) in [4.78, 5) is 28.1. The topological polar surface area (TPSA) is 62.5 Å². The molecule has 0 aromatic carbocycles. The van der Waals surface area contributed by atoms with E-state index in [1.165, 1.54) is 29.7 Å². The molecule has 0 bridgehead atoms. The summed E-state index contributed by atoms with van der Waals surface area (Å²) in [6.07, 6.45) is 8.93. The van der Waals surface area contributed by atoms with Crippen LogP contribution in [-0.2, 0) is 28.9 Å². The minimum atomic E-state index is -0.368. The van der Waals surface area contributed by atoms with Gasteiger partial charge in [-0.25, -0.2) is 4.79 Å². The Kier molecular flexibility index (Phi) is 6.11. The maximum atomic E-state index is 12.6. The molecule has 2 aromatic rings. The van der Waals surface area contributed by atoms with E-state index in [0.29, 0.717) is 10.6 Å². The van der Waals surface area contributed by atoms with Gasteiger partial charge in [-0.15, -0.1) is 11.3 Å². The van der Waals surface area contributed by atoms with Gasteiger partial charge in [0.25, 0.3) is 5.91 Å². The van der Waals surface area contributed by atoms with Crippen molar-refractivity contribution in [2.45, 2.75) is 38.6 Å². The van der Waals surface area contributed by atoms with Crippen molar-refractivity contribution in [2.75, 3.05) is 31.4 Å². The van der Waals surface area contributed by atoms with E-state index in [1.54, 1.807) is 0 Å². The molecule has 1 aliphatic rings. The van der Waals surface area contributed by atoms with Gasteiger partial charge in [-0.1, -0.05) is 6.42 Å². The molecular weight excluding hydrogens is 362 g/mol. The third-order valence-electron chi connectivity index (χ3n) is 4.78. The number of amides is 1. The molecule has 0 atom stereocenters. The van der Waals surface area contributed by atoms with Gasteiger partial charge in [-0.05, 0) is 31.2 Å². The average molecular weight is 389 g/mol. The van der Waals surface area contributed by atoms with Crippen LogP contribution >= 0.6 is 11.3 Å². The number of rotatable bonds is 5. The molecule has 2 aromatic heterocycles. The monoisotopic (exact) mass is 388 g/mol. The van der Waals surface area contributed by atoms with Crippen LogP contribution < -0.4 is 14.8 Å². The lowest BCUT2D eigenvalue weighted by Crippen LogP contribution is -2.39. The summed E-state index contributed by atoms with van der Waals surface area (Å²) in [5, 5.41) is 3.55. The van der Waals surface area contributed by atoms with Crippen LogP contribution in [-0.4, -0.2) is 33.1 Å². The third kappa shape index (κ3) is 4.47. The number of anilines is 2. The van der Waals surface area contributed by atoms with Gasteiger partial charge < -0.3 is 15.0 Å². The number of hydrogen-bond acceptors (Lipinski definition) is 5. The first-order valence-electron chi connectivity index (χ1n) is 9.18. The van der Waals surface area contributed by atoms with E-state index < -0.39 is 0 Å². The number of esters is 1. The van der Waals surface area contributed by atoms with Crippen LogP contribution in [0, 0.1) is 0 Å². The van der Waals surface area contributed by atoms with E-state index in [2.05, 4.69) is 5.32 Å². The van der Waals surface area contributed by atoms with E-state index >= 15 is 0 Å². The maximum Gasteiger partial charge on any atom is 0.341 e. The smallest absolute Gasteiger partial charge is 0.341 e. The Bertz CT molecular complexity index is 828. The first-order chi connectivity index (χ1) is 13.0. The molecule has 0 spiro atoms. The number of thiophene rings is 1. The summed E-state index contributed by atoms with van der Waals surface area (Å²) in [6, 6.07) is 3.92. The Hall–Kier alpha value is -2.41. The second kappa shape index (κ2) is 8.52. The van der Waals surface area contributed by atoms with Crippen molar-refractivity contribution in [2.24, 2.45) is 0 Å². The predicted octanol–water partition coefficient (Wildman–Crippen LogP) is 2.80. The largest absolute Gasteiger partial charge is 0.465 e. The second-order valence-electron chi connectivity index (χ2n) is 6.93. The van der Waals surface area contributed by atoms with Crippen LogP contribution in [0.25, 0.3) is 0 Å². The standard InChI is InChI=1S/C20H25N3O3S/c1-22(2)14-9-11-23(12-10-14)13-17(24)21-19-18(20(25)26-3)15-7-5-4-6-8-16(15)27-19/h9-12H,4-8,13H2,1-3H3/p+1. The van der Waals surface area contributed by atoms with E-state index in [-0.39, 0.29) is 18.4 Å². The Morgan fingerprint density at radius 1 is 1.19 bits per heavy atom. The minimum absolute atomic E-state index is 0.154. The summed E-state index contributed by atoms with van der Waals surface area (Å²) in [6.45, 7) is 0.191. The van der Waals surface area contributed by atoms with Crippen LogP contribution in [0.4, 0.5) is 10.7 Å². The number of aryl methyl sites for hydroxylation is 1. The normalized spacial score (nSPS) is 13.4. The molecule has 27 heavy (non-hydrogen) atoms. The molecule has 144 valence electrons. The summed E-state index contributed by atoms with van der Waals surface area (Å²) >= 11 is 1.52. The zero-order chi connectivity index (χ0) is 19.4. The lowest BCUT2D eigenvalue weighted by atomic mass is 10.1. The highest BCUT2D eigenvalue weighted by atomic mass is 32.1. The Morgan fingerprint density at radius 3 is 2.56 bits per heavy atom. The molecule has 3 rings (SSSR count). The first-order valence-corrected chi connectivity index (χ1v) is 10.0. The molecule has 0 unspecified atom stereocenters. The number of nitrogens with one attached hydrogen (secondary N) is 1. The number of fused-ring (bicyclic) bond motifs is 1. The molecule has 1 aliphatic carbocycles. The summed E-state index contributed by atoms with van der Waals surface area (Å²) in [7, 11) is 5.33. The van der Waals surface area contributed by atoms with Crippen molar-refractivity contribution in [1.29, 1.82) is 0 Å². The predicted molar refractivity (Wildman–Crippen MR) is 107 cm³/mol. The van der Waals surface area contributed by atoms with Crippen molar-refractivity contribution >= 4 is 33.9 Å². The van der Waals surface area contributed by atoms with Crippen LogP contribution in [0.2, 0.25) is 0 Å². The third-order valence-corrected chi connectivity index (χ3v) is 5.99. The Labute approximate surface area is 163 Å². The number of hydrogen-bond donors (Lipinski definition) is 1. The van der Waals surface area contributed by atoms with E-state index in [0.717, 1.165) is 36.9 Å². The fourth-order valence-corrected chi connectivity index (χ4v) is 4.63. The zero-order valence-electron chi connectivity index (χ0n) is 16.1. The van der Waals surface area contributed by atoms with Crippen LogP contribution in [0.1, 0.15) is 40.1 Å². The molecular formula is C20H26N3O3S+. The minimum Gasteiger partial charge on any atom is -0.465 e.